The molecule has 0 N–H and O–H groups in total. The summed E-state index contributed by atoms with van der Waals surface area (Å²) >= 11 is 3.35. The van der Waals surface area contributed by atoms with E-state index in [2.05, 4.69) is 15.9 Å². The van der Waals surface area contributed by atoms with E-state index in [1.807, 2.05) is 12.1 Å². The normalized spacial score (nSPS) is 10.1. The van der Waals surface area contributed by atoms with Crippen molar-refractivity contribution < 1.29 is 9.15 Å². The molecule has 0 amide bonds. The number of methoxy groups -OCH3 is 1. The molecule has 1 aromatic carbocycles. The third-order valence-corrected chi connectivity index (χ3v) is 2.48. The molecule has 2 aromatic rings. The van der Waals surface area contributed by atoms with Crippen molar-refractivity contribution in [2.24, 2.45) is 0 Å². The van der Waals surface area contributed by atoms with Gasteiger partial charge in [-0.3, -0.25) is 0 Å². The number of ether oxygens (including phenoxy) is 1. The zero-order chi connectivity index (χ0) is 10.1. The van der Waals surface area contributed by atoms with Gasteiger partial charge in [-0.25, -0.2) is 0 Å². The summed E-state index contributed by atoms with van der Waals surface area (Å²) in [5.41, 5.74) is 0.669. The Morgan fingerprint density at radius 2 is 2.21 bits per heavy atom. The summed E-state index contributed by atoms with van der Waals surface area (Å²) < 4.78 is 11.2. The standard InChI is InChI=1S/C10H6BrNO2/c1-13-7-2-6-3-8(5-12)14-10(6)9(11)4-7/h2-4H,1H3. The van der Waals surface area contributed by atoms with Crippen LogP contribution in [0.3, 0.4) is 0 Å². The summed E-state index contributed by atoms with van der Waals surface area (Å²) in [6.07, 6.45) is 0. The van der Waals surface area contributed by atoms with E-state index in [-0.39, 0.29) is 0 Å². The van der Waals surface area contributed by atoms with Crippen LogP contribution in [0.4, 0.5) is 0 Å². The third kappa shape index (κ3) is 1.36. The van der Waals surface area contributed by atoms with Gasteiger partial charge in [-0.05, 0) is 28.1 Å². The Balaban J connectivity index is 2.75. The molecule has 2 rings (SSSR count). The minimum absolute atomic E-state index is 0.300. The molecular weight excluding hydrogens is 246 g/mol. The van der Waals surface area contributed by atoms with Gasteiger partial charge in [-0.2, -0.15) is 5.26 Å². The molecule has 70 valence electrons. The average Bonchev–Trinajstić information content (AvgIpc) is 2.61. The van der Waals surface area contributed by atoms with Crippen molar-refractivity contribution >= 4 is 26.9 Å². The molecule has 0 unspecified atom stereocenters. The van der Waals surface area contributed by atoms with Gasteiger partial charge in [-0.15, -0.1) is 0 Å². The minimum Gasteiger partial charge on any atom is -0.497 e. The largest absolute Gasteiger partial charge is 0.497 e. The van der Waals surface area contributed by atoms with Crippen molar-refractivity contribution in [1.29, 1.82) is 5.26 Å². The molecule has 0 bridgehead atoms. The molecule has 14 heavy (non-hydrogen) atoms. The lowest BCUT2D eigenvalue weighted by atomic mass is 10.2. The highest BCUT2D eigenvalue weighted by atomic mass is 79.9. The predicted molar refractivity (Wildman–Crippen MR) is 55.2 cm³/mol. The maximum Gasteiger partial charge on any atom is 0.204 e. The van der Waals surface area contributed by atoms with Crippen molar-refractivity contribution in [3.63, 3.8) is 0 Å². The molecule has 0 aliphatic carbocycles. The first-order valence-electron chi connectivity index (χ1n) is 3.92. The molecule has 0 aliphatic heterocycles. The molecule has 0 aliphatic rings. The molecule has 0 spiro atoms. The van der Waals surface area contributed by atoms with Crippen LogP contribution in [0, 0.1) is 11.3 Å². The highest BCUT2D eigenvalue weighted by molar-refractivity contribution is 9.10. The van der Waals surface area contributed by atoms with E-state index in [0.29, 0.717) is 11.3 Å². The fourth-order valence-electron chi connectivity index (χ4n) is 1.26. The Labute approximate surface area is 89.0 Å². The van der Waals surface area contributed by atoms with Crippen molar-refractivity contribution in [3.8, 4) is 11.8 Å². The topological polar surface area (TPSA) is 46.2 Å². The minimum atomic E-state index is 0.300. The Kier molecular flexibility index (Phi) is 2.18. The van der Waals surface area contributed by atoms with E-state index >= 15 is 0 Å². The van der Waals surface area contributed by atoms with Gasteiger partial charge >= 0.3 is 0 Å². The molecule has 4 heteroatoms. The smallest absolute Gasteiger partial charge is 0.204 e. The van der Waals surface area contributed by atoms with Gasteiger partial charge < -0.3 is 9.15 Å². The van der Waals surface area contributed by atoms with Crippen molar-refractivity contribution in [1.82, 2.24) is 0 Å². The van der Waals surface area contributed by atoms with Crippen molar-refractivity contribution in [2.75, 3.05) is 7.11 Å². The second kappa shape index (κ2) is 3.35. The van der Waals surface area contributed by atoms with Crippen molar-refractivity contribution in [3.05, 3.63) is 28.4 Å². The van der Waals surface area contributed by atoms with Crippen LogP contribution in [-0.4, -0.2) is 7.11 Å². The Morgan fingerprint density at radius 1 is 1.43 bits per heavy atom. The van der Waals surface area contributed by atoms with Gasteiger partial charge in [0.15, 0.2) is 0 Å². The maximum atomic E-state index is 8.67. The fraction of sp³-hybridized carbons (Fsp3) is 0.100. The highest BCUT2D eigenvalue weighted by Gasteiger charge is 2.08. The highest BCUT2D eigenvalue weighted by Crippen LogP contribution is 2.31. The molecule has 0 fully saturated rings. The van der Waals surface area contributed by atoms with Crippen molar-refractivity contribution in [2.45, 2.75) is 0 Å². The van der Waals surface area contributed by atoms with Gasteiger partial charge in [0.2, 0.25) is 5.76 Å². The average molecular weight is 252 g/mol. The monoisotopic (exact) mass is 251 g/mol. The summed E-state index contributed by atoms with van der Waals surface area (Å²) in [6, 6.07) is 7.26. The van der Waals surface area contributed by atoms with Crippen LogP contribution in [0.25, 0.3) is 11.0 Å². The Hall–Kier alpha value is -1.47. The first-order valence-corrected chi connectivity index (χ1v) is 4.71. The number of halogens is 1. The van der Waals surface area contributed by atoms with Gasteiger partial charge in [-0.1, -0.05) is 0 Å². The van der Waals surface area contributed by atoms with Gasteiger partial charge in [0.1, 0.15) is 17.4 Å². The second-order valence-electron chi connectivity index (χ2n) is 2.75. The molecular formula is C10H6BrNO2. The number of rotatable bonds is 1. The number of nitrogens with zero attached hydrogens (tertiary/aromatic N) is 1. The van der Waals surface area contributed by atoms with E-state index < -0.39 is 0 Å². The Morgan fingerprint density at radius 3 is 2.86 bits per heavy atom. The molecule has 0 radical (unpaired) electrons. The molecule has 1 aromatic heterocycles. The number of benzene rings is 1. The quantitative estimate of drug-likeness (QED) is 0.783. The first kappa shape index (κ1) is 9.10. The lowest BCUT2D eigenvalue weighted by Gasteiger charge is -1.99. The molecule has 0 saturated carbocycles. The lowest BCUT2D eigenvalue weighted by Crippen LogP contribution is -1.81. The van der Waals surface area contributed by atoms with Crippen LogP contribution >= 0.6 is 15.9 Å². The van der Waals surface area contributed by atoms with Crippen LogP contribution in [0.1, 0.15) is 5.76 Å². The first-order chi connectivity index (χ1) is 6.74. The van der Waals surface area contributed by atoms with Crippen LogP contribution in [0.2, 0.25) is 0 Å². The summed E-state index contributed by atoms with van der Waals surface area (Å²) in [7, 11) is 1.60. The van der Waals surface area contributed by atoms with Crippen LogP contribution < -0.4 is 4.74 Å². The van der Waals surface area contributed by atoms with E-state index in [4.69, 9.17) is 14.4 Å². The molecule has 0 atom stereocenters. The molecule has 1 heterocycles. The van der Waals surface area contributed by atoms with Crippen LogP contribution in [0.5, 0.6) is 5.75 Å². The van der Waals surface area contributed by atoms with Crippen LogP contribution in [-0.2, 0) is 0 Å². The summed E-state index contributed by atoms with van der Waals surface area (Å²) in [5, 5.41) is 9.52. The maximum absolute atomic E-state index is 8.67. The lowest BCUT2D eigenvalue weighted by molar-refractivity contribution is 0.415. The number of nitriles is 1. The third-order valence-electron chi connectivity index (χ3n) is 1.89. The number of hydrogen-bond acceptors (Lipinski definition) is 3. The number of fused-ring (bicyclic) bond motifs is 1. The van der Waals surface area contributed by atoms with Gasteiger partial charge in [0, 0.05) is 11.5 Å². The summed E-state index contributed by atoms with van der Waals surface area (Å²) in [5.74, 6) is 1.03. The SMILES string of the molecule is COc1cc(Br)c2oc(C#N)cc2c1. The number of furan rings is 1. The van der Waals surface area contributed by atoms with E-state index in [1.165, 1.54) is 0 Å². The summed E-state index contributed by atoms with van der Waals surface area (Å²) in [4.78, 5) is 0. The fourth-order valence-corrected chi connectivity index (χ4v) is 1.79. The zero-order valence-corrected chi connectivity index (χ0v) is 8.96. The van der Waals surface area contributed by atoms with E-state index in [1.54, 1.807) is 19.2 Å². The predicted octanol–water partition coefficient (Wildman–Crippen LogP) is 3.08. The van der Waals surface area contributed by atoms with Gasteiger partial charge in [0.05, 0.1) is 11.6 Å². The molecule has 3 nitrogen and oxygen atoms in total. The summed E-state index contributed by atoms with van der Waals surface area (Å²) in [6.45, 7) is 0. The molecule has 0 saturated heterocycles. The van der Waals surface area contributed by atoms with E-state index in [0.717, 1.165) is 15.6 Å². The van der Waals surface area contributed by atoms with E-state index in [9.17, 15) is 0 Å². The Bertz CT molecular complexity index is 525. The number of hydrogen-bond donors (Lipinski definition) is 0. The second-order valence-corrected chi connectivity index (χ2v) is 3.60. The zero-order valence-electron chi connectivity index (χ0n) is 7.37. The van der Waals surface area contributed by atoms with Crippen LogP contribution in [0.15, 0.2) is 27.1 Å². The van der Waals surface area contributed by atoms with Gasteiger partial charge in [0.25, 0.3) is 0 Å².